The number of nitrogens with zero attached hydrogens (tertiary/aromatic N) is 2. The van der Waals surface area contributed by atoms with Gasteiger partial charge in [0.05, 0.1) is 6.42 Å². The van der Waals surface area contributed by atoms with Crippen molar-refractivity contribution in [3.05, 3.63) is 55.7 Å². The maximum Gasteiger partial charge on any atom is 0.236 e. The van der Waals surface area contributed by atoms with Gasteiger partial charge < -0.3 is 0 Å². The first kappa shape index (κ1) is 10.2. The molecule has 0 aliphatic rings. The van der Waals surface area contributed by atoms with Gasteiger partial charge in [-0.25, -0.2) is 4.98 Å². The Morgan fingerprint density at radius 2 is 2.36 bits per heavy atom. The molecule has 0 atom stereocenters. The van der Waals surface area contributed by atoms with E-state index in [1.165, 1.54) is 10.9 Å². The fraction of sp³-hybridized carbons (Fsp3) is 0.0909. The van der Waals surface area contributed by atoms with Crippen LogP contribution in [0.5, 0.6) is 0 Å². The molecule has 14 heavy (non-hydrogen) atoms. The lowest BCUT2D eigenvalue weighted by atomic mass is 10.2. The summed E-state index contributed by atoms with van der Waals surface area (Å²) >= 11 is 0. The summed E-state index contributed by atoms with van der Waals surface area (Å²) in [7, 11) is 0. The van der Waals surface area contributed by atoms with Crippen LogP contribution in [0.15, 0.2) is 55.7 Å². The zero-order chi connectivity index (χ0) is 10.4. The van der Waals surface area contributed by atoms with Gasteiger partial charge in [0, 0.05) is 12.4 Å². The molecule has 0 spiro atoms. The van der Waals surface area contributed by atoms with Gasteiger partial charge in [-0.2, -0.15) is 0 Å². The zero-order valence-corrected chi connectivity index (χ0v) is 7.89. The van der Waals surface area contributed by atoms with Gasteiger partial charge in [0.2, 0.25) is 5.91 Å². The number of aromatic nitrogens is 2. The Bertz CT molecular complexity index is 361. The van der Waals surface area contributed by atoms with Crippen molar-refractivity contribution in [2.24, 2.45) is 0 Å². The van der Waals surface area contributed by atoms with Crippen molar-refractivity contribution in [2.45, 2.75) is 6.42 Å². The van der Waals surface area contributed by atoms with Gasteiger partial charge in [0.15, 0.2) is 0 Å². The maximum absolute atomic E-state index is 11.5. The zero-order valence-electron chi connectivity index (χ0n) is 7.89. The number of allylic oxidation sites excluding steroid dienone is 4. The third-order valence-electron chi connectivity index (χ3n) is 1.64. The van der Waals surface area contributed by atoms with Crippen LogP contribution in [0.25, 0.3) is 0 Å². The minimum Gasteiger partial charge on any atom is -0.276 e. The summed E-state index contributed by atoms with van der Waals surface area (Å²) in [4.78, 5) is 15.3. The van der Waals surface area contributed by atoms with Gasteiger partial charge in [-0.1, -0.05) is 31.4 Å². The van der Waals surface area contributed by atoms with E-state index in [0.717, 1.165) is 5.57 Å². The average Bonchev–Trinajstić information content (AvgIpc) is 2.67. The highest BCUT2D eigenvalue weighted by Crippen LogP contribution is 2.03. The highest BCUT2D eigenvalue weighted by molar-refractivity contribution is 5.81. The van der Waals surface area contributed by atoms with Crippen LogP contribution in [0.1, 0.15) is 11.2 Å². The minimum absolute atomic E-state index is 0.0405. The SMILES string of the molecule is C=C/C=C\C(=C)CC(=O)n1ccnc1. The Hall–Kier alpha value is -1.90. The van der Waals surface area contributed by atoms with Crippen LogP contribution in [0.4, 0.5) is 0 Å². The van der Waals surface area contributed by atoms with Gasteiger partial charge >= 0.3 is 0 Å². The molecule has 0 fully saturated rings. The third-order valence-corrected chi connectivity index (χ3v) is 1.64. The molecule has 0 aromatic carbocycles. The van der Waals surface area contributed by atoms with Crippen LogP contribution in [0.2, 0.25) is 0 Å². The first-order valence-electron chi connectivity index (χ1n) is 4.22. The molecule has 0 N–H and O–H groups in total. The molecule has 3 heteroatoms. The van der Waals surface area contributed by atoms with Crippen LogP contribution in [0, 0.1) is 0 Å². The standard InChI is InChI=1S/C11H12N2O/c1-3-4-5-10(2)8-11(14)13-7-6-12-9-13/h3-7,9H,1-2,8H2/b5-4-. The molecular formula is C11H12N2O. The van der Waals surface area contributed by atoms with Crippen LogP contribution in [-0.4, -0.2) is 15.5 Å². The van der Waals surface area contributed by atoms with Crippen LogP contribution >= 0.6 is 0 Å². The molecule has 0 aliphatic carbocycles. The number of hydrogen-bond acceptors (Lipinski definition) is 2. The largest absolute Gasteiger partial charge is 0.276 e. The van der Waals surface area contributed by atoms with Crippen molar-refractivity contribution in [1.82, 2.24) is 9.55 Å². The topological polar surface area (TPSA) is 34.9 Å². The monoisotopic (exact) mass is 188 g/mol. The summed E-state index contributed by atoms with van der Waals surface area (Å²) in [6.45, 7) is 7.29. The van der Waals surface area contributed by atoms with Gasteiger partial charge in [0.25, 0.3) is 0 Å². The highest BCUT2D eigenvalue weighted by Gasteiger charge is 2.03. The van der Waals surface area contributed by atoms with Gasteiger partial charge in [-0.15, -0.1) is 0 Å². The summed E-state index contributed by atoms with van der Waals surface area (Å²) in [5.74, 6) is -0.0405. The molecule has 1 aromatic rings. The van der Waals surface area contributed by atoms with Crippen LogP contribution < -0.4 is 0 Å². The van der Waals surface area contributed by atoms with Crippen LogP contribution in [-0.2, 0) is 0 Å². The van der Waals surface area contributed by atoms with Crippen molar-refractivity contribution in [3.8, 4) is 0 Å². The van der Waals surface area contributed by atoms with Crippen molar-refractivity contribution < 1.29 is 4.79 Å². The number of carbonyl (C=O) groups excluding carboxylic acids is 1. The summed E-state index contributed by atoms with van der Waals surface area (Å²) in [6, 6.07) is 0. The maximum atomic E-state index is 11.5. The Labute approximate surface area is 83.1 Å². The van der Waals surface area contributed by atoms with Crippen molar-refractivity contribution in [3.63, 3.8) is 0 Å². The number of carbonyl (C=O) groups is 1. The Balaban J connectivity index is 2.53. The number of rotatable bonds is 4. The second-order valence-electron chi connectivity index (χ2n) is 2.79. The lowest BCUT2D eigenvalue weighted by Gasteiger charge is -1.99. The quantitative estimate of drug-likeness (QED) is 0.679. The normalized spacial score (nSPS) is 10.3. The molecule has 1 aromatic heterocycles. The van der Waals surface area contributed by atoms with E-state index in [2.05, 4.69) is 18.1 Å². The third kappa shape index (κ3) is 2.86. The van der Waals surface area contributed by atoms with Gasteiger partial charge in [-0.05, 0) is 5.57 Å². The highest BCUT2D eigenvalue weighted by atomic mass is 16.2. The number of imidazole rings is 1. The molecule has 1 heterocycles. The molecule has 0 saturated heterocycles. The van der Waals surface area contributed by atoms with Crippen LogP contribution in [0.3, 0.4) is 0 Å². The second-order valence-corrected chi connectivity index (χ2v) is 2.79. The predicted molar refractivity (Wildman–Crippen MR) is 55.9 cm³/mol. The lowest BCUT2D eigenvalue weighted by molar-refractivity contribution is 0.0915. The summed E-state index contributed by atoms with van der Waals surface area (Å²) in [5.41, 5.74) is 0.753. The Morgan fingerprint density at radius 1 is 1.57 bits per heavy atom. The predicted octanol–water partition coefficient (Wildman–Crippen LogP) is 2.21. The smallest absolute Gasteiger partial charge is 0.236 e. The molecule has 0 amide bonds. The van der Waals surface area contributed by atoms with E-state index in [1.54, 1.807) is 30.6 Å². The van der Waals surface area contributed by atoms with Gasteiger partial charge in [0.1, 0.15) is 6.33 Å². The van der Waals surface area contributed by atoms with Crippen molar-refractivity contribution in [1.29, 1.82) is 0 Å². The summed E-state index contributed by atoms with van der Waals surface area (Å²) < 4.78 is 1.44. The summed E-state index contributed by atoms with van der Waals surface area (Å²) in [5, 5.41) is 0. The molecule has 0 aliphatic heterocycles. The second kappa shape index (κ2) is 4.97. The first-order valence-corrected chi connectivity index (χ1v) is 4.22. The van der Waals surface area contributed by atoms with E-state index in [9.17, 15) is 4.79 Å². The molecular weight excluding hydrogens is 176 g/mol. The molecule has 72 valence electrons. The van der Waals surface area contributed by atoms with Gasteiger partial charge in [-0.3, -0.25) is 9.36 Å². The molecule has 0 radical (unpaired) electrons. The van der Waals surface area contributed by atoms with E-state index < -0.39 is 0 Å². The van der Waals surface area contributed by atoms with E-state index in [1.807, 2.05) is 0 Å². The van der Waals surface area contributed by atoms with E-state index in [4.69, 9.17) is 0 Å². The van der Waals surface area contributed by atoms with Crippen molar-refractivity contribution in [2.75, 3.05) is 0 Å². The fourth-order valence-corrected chi connectivity index (χ4v) is 0.955. The van der Waals surface area contributed by atoms with E-state index in [-0.39, 0.29) is 5.91 Å². The fourth-order valence-electron chi connectivity index (χ4n) is 0.955. The minimum atomic E-state index is -0.0405. The molecule has 0 bridgehead atoms. The Morgan fingerprint density at radius 3 is 2.93 bits per heavy atom. The first-order chi connectivity index (χ1) is 6.74. The molecule has 0 unspecified atom stereocenters. The number of hydrogen-bond donors (Lipinski definition) is 0. The molecule has 0 saturated carbocycles. The molecule has 1 rings (SSSR count). The Kier molecular flexibility index (Phi) is 3.61. The lowest BCUT2D eigenvalue weighted by Crippen LogP contribution is -2.07. The average molecular weight is 188 g/mol. The summed E-state index contributed by atoms with van der Waals surface area (Å²) in [6.07, 6.45) is 10.1. The van der Waals surface area contributed by atoms with Crippen molar-refractivity contribution >= 4 is 5.91 Å². The van der Waals surface area contributed by atoms with E-state index >= 15 is 0 Å². The molecule has 3 nitrogen and oxygen atoms in total. The van der Waals surface area contributed by atoms with E-state index in [0.29, 0.717) is 6.42 Å².